The molecule has 0 rings (SSSR count). The van der Waals surface area contributed by atoms with Crippen LogP contribution in [0.2, 0.25) is 0 Å². The van der Waals surface area contributed by atoms with Crippen molar-refractivity contribution in [2.75, 3.05) is 32.8 Å². The fraction of sp³-hybridized carbons (Fsp3) is 1.00. The van der Waals surface area contributed by atoms with Gasteiger partial charge in [0.05, 0.1) is 0 Å². The molecule has 0 aliphatic rings. The molecule has 4 heteroatoms. The first kappa shape index (κ1) is 12.5. The van der Waals surface area contributed by atoms with Gasteiger partial charge in [0.2, 0.25) is 0 Å². The van der Waals surface area contributed by atoms with Gasteiger partial charge in [0.15, 0.2) is 0 Å². The molecule has 10 heavy (non-hydrogen) atoms. The molecule has 0 aromatic carbocycles. The first-order valence-corrected chi connectivity index (χ1v) is 3.55. The maximum atomic E-state index is 7.57. The van der Waals surface area contributed by atoms with Crippen LogP contribution in [0, 0.1) is 0 Å². The van der Waals surface area contributed by atoms with E-state index in [0.29, 0.717) is 13.1 Å². The van der Waals surface area contributed by atoms with Crippen LogP contribution in [0.25, 0.3) is 0 Å². The molecule has 0 spiro atoms. The van der Waals surface area contributed by atoms with Crippen LogP contribution < -0.4 is 16.8 Å². The van der Waals surface area contributed by atoms with Crippen LogP contribution in [0.3, 0.4) is 0 Å². The smallest absolute Gasteiger partial charge is 0.0402 e. The first-order valence-electron chi connectivity index (χ1n) is 3.55. The van der Waals surface area contributed by atoms with Gasteiger partial charge in [-0.05, 0) is 6.92 Å². The summed E-state index contributed by atoms with van der Waals surface area (Å²) in [5.41, 5.74) is 10.3. The van der Waals surface area contributed by atoms with Gasteiger partial charge in [0.25, 0.3) is 0 Å². The number of rotatable bonds is 4. The van der Waals surface area contributed by atoms with Gasteiger partial charge in [-0.3, -0.25) is 0 Å². The summed E-state index contributed by atoms with van der Waals surface area (Å²) in [4.78, 5) is 0. The Morgan fingerprint density at radius 3 is 1.70 bits per heavy atom. The summed E-state index contributed by atoms with van der Waals surface area (Å²) < 4.78 is 0. The molecule has 0 bridgehead atoms. The van der Waals surface area contributed by atoms with E-state index in [4.69, 9.17) is 16.6 Å². The summed E-state index contributed by atoms with van der Waals surface area (Å²) in [6.45, 7) is 5.06. The van der Waals surface area contributed by atoms with Gasteiger partial charge in [0, 0.05) is 32.8 Å². The summed E-state index contributed by atoms with van der Waals surface area (Å²) >= 11 is 0. The van der Waals surface area contributed by atoms with Crippen molar-refractivity contribution in [2.45, 2.75) is 6.92 Å². The Bertz CT molecular complexity index is 40.0. The Balaban J connectivity index is 0. The predicted octanol–water partition coefficient (Wildman–Crippen LogP) is -1.51. The summed E-state index contributed by atoms with van der Waals surface area (Å²) in [6, 6.07) is 0. The third-order valence-electron chi connectivity index (χ3n) is 0.642. The lowest BCUT2D eigenvalue weighted by atomic mass is 10.6. The first-order chi connectivity index (χ1) is 4.83. The van der Waals surface area contributed by atoms with Crippen LogP contribution in [0.5, 0.6) is 0 Å². The molecule has 0 aromatic rings. The van der Waals surface area contributed by atoms with E-state index in [1.807, 2.05) is 0 Å². The Morgan fingerprint density at radius 2 is 1.50 bits per heavy atom. The number of hydrogen-bond donors (Lipinski definition) is 4. The molecule has 0 saturated heterocycles. The fourth-order valence-corrected chi connectivity index (χ4v) is 0.329. The van der Waals surface area contributed by atoms with Gasteiger partial charge < -0.3 is 21.9 Å². The summed E-state index contributed by atoms with van der Waals surface area (Å²) in [6.07, 6.45) is 0. The minimum absolute atomic E-state index is 0.250. The third-order valence-corrected chi connectivity index (χ3v) is 0.642. The van der Waals surface area contributed by atoms with Crippen LogP contribution in [-0.2, 0) is 0 Å². The predicted molar refractivity (Wildman–Crippen MR) is 43.7 cm³/mol. The van der Waals surface area contributed by atoms with Gasteiger partial charge >= 0.3 is 0 Å². The molecule has 0 radical (unpaired) electrons. The summed E-state index contributed by atoms with van der Waals surface area (Å²) in [7, 11) is 0. The largest absolute Gasteiger partial charge is 0.397 e. The minimum atomic E-state index is 0.250. The molecule has 64 valence electrons. The highest BCUT2D eigenvalue weighted by Gasteiger charge is 1.76. The molecule has 0 fully saturated rings. The van der Waals surface area contributed by atoms with E-state index in [1.165, 1.54) is 0 Å². The molecule has 0 unspecified atom stereocenters. The Labute approximate surface area is 62.6 Å². The van der Waals surface area contributed by atoms with Crippen LogP contribution >= 0.6 is 0 Å². The van der Waals surface area contributed by atoms with E-state index in [9.17, 15) is 0 Å². The lowest BCUT2D eigenvalue weighted by Gasteiger charge is -1.95. The van der Waals surface area contributed by atoms with Crippen molar-refractivity contribution in [2.24, 2.45) is 11.5 Å². The van der Waals surface area contributed by atoms with Crippen molar-refractivity contribution in [1.29, 1.82) is 0 Å². The molecule has 0 aliphatic heterocycles. The molecule has 4 nitrogen and oxygen atoms in total. The minimum Gasteiger partial charge on any atom is -0.397 e. The second-order valence-electron chi connectivity index (χ2n) is 1.64. The maximum Gasteiger partial charge on any atom is 0.0402 e. The zero-order valence-corrected chi connectivity index (χ0v) is 6.64. The quantitative estimate of drug-likeness (QED) is 0.366. The number of aliphatic hydroxyl groups is 1. The standard InChI is InChI=1S/C4H13N3.C2H6O/c5-1-3-7-4-2-6;1-2-3/h7H,1-6H2;3H,2H2,1H3. The molecule has 0 aromatic heterocycles. The normalized spacial score (nSPS) is 8.40. The van der Waals surface area contributed by atoms with Crippen LogP contribution in [0.4, 0.5) is 0 Å². The molecule has 0 amide bonds. The lowest BCUT2D eigenvalue weighted by molar-refractivity contribution is 0.318. The number of aliphatic hydroxyl groups excluding tert-OH is 1. The number of nitrogens with one attached hydrogen (secondary N) is 1. The Hall–Kier alpha value is -0.160. The van der Waals surface area contributed by atoms with E-state index in [1.54, 1.807) is 6.92 Å². The highest BCUT2D eigenvalue weighted by Crippen LogP contribution is 1.49. The van der Waals surface area contributed by atoms with E-state index in [0.717, 1.165) is 13.1 Å². The maximum absolute atomic E-state index is 7.57. The second-order valence-corrected chi connectivity index (χ2v) is 1.64. The zero-order valence-electron chi connectivity index (χ0n) is 6.64. The molecule has 0 atom stereocenters. The monoisotopic (exact) mass is 149 g/mol. The van der Waals surface area contributed by atoms with E-state index in [2.05, 4.69) is 5.32 Å². The van der Waals surface area contributed by atoms with Gasteiger partial charge in [0.1, 0.15) is 0 Å². The van der Waals surface area contributed by atoms with Gasteiger partial charge in [-0.25, -0.2) is 0 Å². The van der Waals surface area contributed by atoms with E-state index in [-0.39, 0.29) is 6.61 Å². The highest BCUT2D eigenvalue weighted by molar-refractivity contribution is 4.45. The Morgan fingerprint density at radius 1 is 1.20 bits per heavy atom. The van der Waals surface area contributed by atoms with Gasteiger partial charge in [-0.2, -0.15) is 0 Å². The summed E-state index contributed by atoms with van der Waals surface area (Å²) in [5.74, 6) is 0. The van der Waals surface area contributed by atoms with Crippen molar-refractivity contribution in [3.05, 3.63) is 0 Å². The Kier molecular flexibility index (Phi) is 19.9. The van der Waals surface area contributed by atoms with Crippen molar-refractivity contribution in [1.82, 2.24) is 5.32 Å². The van der Waals surface area contributed by atoms with Gasteiger partial charge in [-0.15, -0.1) is 0 Å². The average Bonchev–Trinajstić information content (AvgIpc) is 1.91. The van der Waals surface area contributed by atoms with Crippen molar-refractivity contribution in [3.63, 3.8) is 0 Å². The molecular formula is C6H19N3O. The van der Waals surface area contributed by atoms with Gasteiger partial charge in [-0.1, -0.05) is 0 Å². The van der Waals surface area contributed by atoms with E-state index < -0.39 is 0 Å². The molecule has 6 N–H and O–H groups in total. The SMILES string of the molecule is CCO.NCCNCCN. The summed E-state index contributed by atoms with van der Waals surface area (Å²) in [5, 5.41) is 10.6. The fourth-order valence-electron chi connectivity index (χ4n) is 0.329. The molecule has 0 saturated carbocycles. The van der Waals surface area contributed by atoms with Crippen molar-refractivity contribution in [3.8, 4) is 0 Å². The van der Waals surface area contributed by atoms with Crippen LogP contribution in [0.15, 0.2) is 0 Å². The van der Waals surface area contributed by atoms with Crippen LogP contribution in [0.1, 0.15) is 6.92 Å². The van der Waals surface area contributed by atoms with Crippen molar-refractivity contribution < 1.29 is 5.11 Å². The lowest BCUT2D eigenvalue weighted by Crippen LogP contribution is -2.27. The zero-order chi connectivity index (χ0) is 8.24. The average molecular weight is 149 g/mol. The van der Waals surface area contributed by atoms with Crippen LogP contribution in [-0.4, -0.2) is 37.9 Å². The highest BCUT2D eigenvalue weighted by atomic mass is 16.2. The number of hydrogen-bond acceptors (Lipinski definition) is 4. The molecule has 0 aliphatic carbocycles. The topological polar surface area (TPSA) is 84.3 Å². The second kappa shape index (κ2) is 15.9. The number of nitrogens with two attached hydrogens (primary N) is 2. The molecular weight excluding hydrogens is 130 g/mol. The van der Waals surface area contributed by atoms with Crippen molar-refractivity contribution >= 4 is 0 Å². The van der Waals surface area contributed by atoms with E-state index >= 15 is 0 Å². The molecule has 0 heterocycles. The third kappa shape index (κ3) is 24.9.